The van der Waals surface area contributed by atoms with Crippen molar-refractivity contribution in [2.24, 2.45) is 45.8 Å². The van der Waals surface area contributed by atoms with Crippen LogP contribution in [0, 0.1) is 45.8 Å². The minimum Gasteiger partial charge on any atom is -0.315 e. The van der Waals surface area contributed by atoms with E-state index in [1.165, 1.54) is 50.9 Å². The smallest absolute Gasteiger partial charge is 0.0459 e. The van der Waals surface area contributed by atoms with Gasteiger partial charge in [-0.25, -0.2) is 0 Å². The summed E-state index contributed by atoms with van der Waals surface area (Å²) in [7, 11) is 0. The highest BCUT2D eigenvalue weighted by molar-refractivity contribution is 5.69. The van der Waals surface area contributed by atoms with Crippen LogP contribution in [0.15, 0.2) is 178 Å². The van der Waals surface area contributed by atoms with Gasteiger partial charge in [0.2, 0.25) is 0 Å². The molecule has 2 aromatic carbocycles. The molecule has 0 amide bonds. The molecule has 2 nitrogen and oxygen atoms in total. The number of allylic oxidation sites excluding steroid dienone is 21. The molecule has 0 spiro atoms. The van der Waals surface area contributed by atoms with Crippen LogP contribution in [-0.4, -0.2) is 4.90 Å². The summed E-state index contributed by atoms with van der Waals surface area (Å²) in [5.41, 5.74) is 22.8. The second-order valence-electron chi connectivity index (χ2n) is 29.3. The first-order valence-corrected chi connectivity index (χ1v) is 29.0. The summed E-state index contributed by atoms with van der Waals surface area (Å²) >= 11 is 0. The highest BCUT2D eigenvalue weighted by Crippen LogP contribution is 2.66. The average molecular weight is 984 g/mol. The van der Waals surface area contributed by atoms with Crippen molar-refractivity contribution in [1.29, 1.82) is 0 Å². The molecule has 2 aromatic rings. The lowest BCUT2D eigenvalue weighted by molar-refractivity contribution is 0.228. The van der Waals surface area contributed by atoms with E-state index in [2.05, 4.69) is 248 Å². The maximum atomic E-state index is 2.79. The van der Waals surface area contributed by atoms with Gasteiger partial charge in [0.15, 0.2) is 0 Å². The summed E-state index contributed by atoms with van der Waals surface area (Å²) in [4.78, 5) is 5.43. The molecule has 7 atom stereocenters. The predicted octanol–water partition coefficient (Wildman–Crippen LogP) is 19.4. The zero-order chi connectivity index (χ0) is 52.7. The van der Waals surface area contributed by atoms with Gasteiger partial charge in [0, 0.05) is 46.0 Å². The van der Waals surface area contributed by atoms with E-state index in [1.54, 1.807) is 33.4 Å². The van der Waals surface area contributed by atoms with Crippen LogP contribution in [-0.2, 0) is 16.2 Å². The Hall–Kier alpha value is -5.08. The SMILES string of the molecule is CC(C)(C)C1=CC=C(N(C2=CCC(C(C)(C)C)C=C2)C2=CC3c4cc5c(cc4C(C)(C)C3C3CC=CC=C23)C2C=C(N(C3=CC=C(C(C)(C)C)CC3)c3ccc(C(C)(C)C)cc3)C3=CC=CCC3C2C5(C)C)CC1. The fourth-order valence-electron chi connectivity index (χ4n) is 15.6. The van der Waals surface area contributed by atoms with Crippen molar-refractivity contribution in [1.82, 2.24) is 4.90 Å². The van der Waals surface area contributed by atoms with Crippen molar-refractivity contribution in [3.8, 4) is 0 Å². The monoisotopic (exact) mass is 983 g/mol. The summed E-state index contributed by atoms with van der Waals surface area (Å²) in [5.74, 6) is 2.96. The predicted molar refractivity (Wildman–Crippen MR) is 316 cm³/mol. The molecule has 2 heteroatoms. The lowest BCUT2D eigenvalue weighted by Crippen LogP contribution is -2.40. The van der Waals surface area contributed by atoms with Crippen LogP contribution in [0.2, 0.25) is 0 Å². The van der Waals surface area contributed by atoms with Gasteiger partial charge in [0.05, 0.1) is 0 Å². The van der Waals surface area contributed by atoms with Crippen LogP contribution in [0.4, 0.5) is 5.69 Å². The zero-order valence-electron chi connectivity index (χ0n) is 48.5. The van der Waals surface area contributed by atoms with E-state index in [1.807, 2.05) is 0 Å². The molecule has 9 aliphatic rings. The number of fused-ring (bicyclic) bond motifs is 10. The maximum absolute atomic E-state index is 2.79. The molecule has 0 radical (unpaired) electrons. The molecule has 0 bridgehead atoms. The van der Waals surface area contributed by atoms with E-state index in [4.69, 9.17) is 0 Å². The van der Waals surface area contributed by atoms with E-state index >= 15 is 0 Å². The third-order valence-electron chi connectivity index (χ3n) is 20.0. The Morgan fingerprint density at radius 2 is 0.986 bits per heavy atom. The lowest BCUT2D eigenvalue weighted by atomic mass is 9.61. The first-order valence-electron chi connectivity index (χ1n) is 29.0. The molecule has 0 N–H and O–H groups in total. The number of hydrogen-bond acceptors (Lipinski definition) is 2. The van der Waals surface area contributed by atoms with E-state index in [0.717, 1.165) is 44.9 Å². The Labute approximate surface area is 449 Å². The van der Waals surface area contributed by atoms with Crippen molar-refractivity contribution in [2.45, 2.75) is 184 Å². The third kappa shape index (κ3) is 8.50. The molecule has 0 aromatic heterocycles. The largest absolute Gasteiger partial charge is 0.315 e. The Morgan fingerprint density at radius 1 is 0.514 bits per heavy atom. The van der Waals surface area contributed by atoms with Gasteiger partial charge in [-0.3, -0.25) is 0 Å². The van der Waals surface area contributed by atoms with Gasteiger partial charge in [0.25, 0.3) is 0 Å². The van der Waals surface area contributed by atoms with Crippen molar-refractivity contribution in [3.05, 3.63) is 206 Å². The van der Waals surface area contributed by atoms with Crippen LogP contribution in [0.25, 0.3) is 0 Å². The van der Waals surface area contributed by atoms with Crippen molar-refractivity contribution >= 4 is 5.69 Å². The van der Waals surface area contributed by atoms with Gasteiger partial charge in [-0.15, -0.1) is 0 Å². The molecule has 0 saturated heterocycles. The van der Waals surface area contributed by atoms with Crippen molar-refractivity contribution in [3.63, 3.8) is 0 Å². The first-order chi connectivity index (χ1) is 34.7. The Kier molecular flexibility index (Phi) is 12.2. The van der Waals surface area contributed by atoms with Gasteiger partial charge in [-0.05, 0) is 176 Å². The van der Waals surface area contributed by atoms with Crippen molar-refractivity contribution < 1.29 is 0 Å². The van der Waals surface area contributed by atoms with Crippen LogP contribution in [0.5, 0.6) is 0 Å². The van der Waals surface area contributed by atoms with Gasteiger partial charge < -0.3 is 9.80 Å². The molecule has 0 aliphatic heterocycles. The van der Waals surface area contributed by atoms with Crippen LogP contribution in [0.1, 0.15) is 195 Å². The Balaban J connectivity index is 1.06. The number of hydrogen-bond donors (Lipinski definition) is 0. The van der Waals surface area contributed by atoms with Gasteiger partial charge >= 0.3 is 0 Å². The molecule has 388 valence electrons. The number of nitrogens with zero attached hydrogens (tertiary/aromatic N) is 2. The fourth-order valence-corrected chi connectivity index (χ4v) is 15.6. The highest BCUT2D eigenvalue weighted by atomic mass is 15.2. The highest BCUT2D eigenvalue weighted by Gasteiger charge is 2.57. The summed E-state index contributed by atoms with van der Waals surface area (Å²) in [5, 5.41) is 0. The van der Waals surface area contributed by atoms with Gasteiger partial charge in [-0.1, -0.05) is 219 Å². The zero-order valence-corrected chi connectivity index (χ0v) is 48.5. The number of rotatable bonds is 6. The van der Waals surface area contributed by atoms with Crippen LogP contribution < -0.4 is 4.90 Å². The lowest BCUT2D eigenvalue weighted by Gasteiger charge is -2.47. The van der Waals surface area contributed by atoms with E-state index in [0.29, 0.717) is 41.4 Å². The van der Waals surface area contributed by atoms with Crippen LogP contribution >= 0.6 is 0 Å². The molecular formula is C72H90N2. The maximum Gasteiger partial charge on any atom is 0.0459 e. The van der Waals surface area contributed by atoms with Gasteiger partial charge in [-0.2, -0.15) is 0 Å². The quantitative estimate of drug-likeness (QED) is 0.285. The Bertz CT molecular complexity index is 3020. The average Bonchev–Trinajstić information content (AvgIpc) is 3.77. The molecule has 9 aliphatic carbocycles. The molecule has 7 unspecified atom stereocenters. The third-order valence-corrected chi connectivity index (χ3v) is 20.0. The normalized spacial score (nSPS) is 28.5. The molecule has 0 heterocycles. The van der Waals surface area contributed by atoms with E-state index < -0.39 is 0 Å². The molecule has 0 saturated carbocycles. The second kappa shape index (κ2) is 17.7. The van der Waals surface area contributed by atoms with E-state index in [9.17, 15) is 0 Å². The Morgan fingerprint density at radius 3 is 1.39 bits per heavy atom. The van der Waals surface area contributed by atoms with Crippen molar-refractivity contribution in [2.75, 3.05) is 4.90 Å². The molecule has 0 fully saturated rings. The summed E-state index contributed by atoms with van der Waals surface area (Å²) in [6.07, 6.45) is 45.1. The molecular weight excluding hydrogens is 893 g/mol. The fraction of sp³-hybridized carbons (Fsp3) is 0.500. The first kappa shape index (κ1) is 51.0. The van der Waals surface area contributed by atoms with Gasteiger partial charge in [0.1, 0.15) is 0 Å². The second-order valence-corrected chi connectivity index (χ2v) is 29.3. The number of benzene rings is 2. The topological polar surface area (TPSA) is 6.48 Å². The minimum absolute atomic E-state index is 0.0118. The van der Waals surface area contributed by atoms with E-state index in [-0.39, 0.29) is 32.5 Å². The molecule has 74 heavy (non-hydrogen) atoms. The standard InChI is InChI=1S/C72H90N2/c1-67(2,3)45-25-33-49(34-26-45)73(50-35-27-46(28-36-50)68(4,5)6)63-43-59-57-41-62-58(42-61(57)71(13,14)65(59)55-23-19-17-21-53(55)63)60-44-64(54-22-18-20-24-56(54)66(60)72(62,15)16)74(51-37-29-47(30-38-51)69(7,8)9)52-39-31-48(32-40-52)70(10,11)12/h17-22,25-27,29,31,33-35,37-39,41-44,47,55-56,59-60,65-66H,23-24,28,30,32,36,40H2,1-16H3. The molecule has 11 rings (SSSR count). The number of anilines is 1. The summed E-state index contributed by atoms with van der Waals surface area (Å²) < 4.78 is 0. The summed E-state index contributed by atoms with van der Waals surface area (Å²) in [6, 6.07) is 15.2. The summed E-state index contributed by atoms with van der Waals surface area (Å²) in [6.45, 7) is 38.9. The minimum atomic E-state index is -0.0148. The van der Waals surface area contributed by atoms with Crippen LogP contribution in [0.3, 0.4) is 0 Å².